The summed E-state index contributed by atoms with van der Waals surface area (Å²) in [6.45, 7) is 10.3. The molecule has 1 rings (SSSR count). The minimum Gasteiger partial charge on any atom is -0.494 e. The topological polar surface area (TPSA) is 55.6 Å². The lowest BCUT2D eigenvalue weighted by atomic mass is 9.93. The summed E-state index contributed by atoms with van der Waals surface area (Å²) in [7, 11) is 1.81. The van der Waals surface area contributed by atoms with Crippen molar-refractivity contribution in [2.75, 3.05) is 26.7 Å². The fourth-order valence-electron chi connectivity index (χ4n) is 2.11. The SMILES string of the molecule is CC(C)CCOc1ccc(C(=O)N(C)CC(C)(C)CN)cc1. The van der Waals surface area contributed by atoms with E-state index in [0.717, 1.165) is 12.2 Å². The van der Waals surface area contributed by atoms with Gasteiger partial charge in [0.25, 0.3) is 5.91 Å². The standard InChI is InChI=1S/C18H30N2O2/c1-14(2)10-11-22-16-8-6-15(7-9-16)17(21)20(5)13-18(3,4)12-19/h6-9,14H,10-13,19H2,1-5H3. The first-order valence-corrected chi connectivity index (χ1v) is 7.93. The van der Waals surface area contributed by atoms with Crippen molar-refractivity contribution in [2.24, 2.45) is 17.1 Å². The first-order valence-electron chi connectivity index (χ1n) is 7.93. The molecule has 0 unspecified atom stereocenters. The number of carbonyl (C=O) groups is 1. The minimum atomic E-state index is -0.0791. The first-order chi connectivity index (χ1) is 10.2. The van der Waals surface area contributed by atoms with Crippen LogP contribution in [0.5, 0.6) is 5.75 Å². The zero-order valence-electron chi connectivity index (χ0n) is 14.6. The molecule has 0 saturated carbocycles. The van der Waals surface area contributed by atoms with Crippen molar-refractivity contribution in [1.82, 2.24) is 4.90 Å². The van der Waals surface area contributed by atoms with E-state index in [0.29, 0.717) is 31.2 Å². The average molecular weight is 306 g/mol. The summed E-state index contributed by atoms with van der Waals surface area (Å²) in [6.07, 6.45) is 1.03. The van der Waals surface area contributed by atoms with Crippen LogP contribution in [0.1, 0.15) is 44.5 Å². The molecule has 0 saturated heterocycles. The number of hydrogen-bond acceptors (Lipinski definition) is 3. The second-order valence-electron chi connectivity index (χ2n) is 7.08. The summed E-state index contributed by atoms with van der Waals surface area (Å²) >= 11 is 0. The van der Waals surface area contributed by atoms with Gasteiger partial charge in [-0.05, 0) is 48.6 Å². The molecular formula is C18H30N2O2. The van der Waals surface area contributed by atoms with E-state index in [1.54, 1.807) is 4.90 Å². The van der Waals surface area contributed by atoms with Crippen molar-refractivity contribution >= 4 is 5.91 Å². The molecule has 0 heterocycles. The van der Waals surface area contributed by atoms with Gasteiger partial charge < -0.3 is 15.4 Å². The highest BCUT2D eigenvalue weighted by Crippen LogP contribution is 2.18. The second kappa shape index (κ2) is 8.18. The molecule has 0 aliphatic carbocycles. The molecule has 1 aromatic rings. The Morgan fingerprint density at radius 2 is 1.86 bits per heavy atom. The zero-order chi connectivity index (χ0) is 16.8. The van der Waals surface area contributed by atoms with Gasteiger partial charge in [-0.25, -0.2) is 0 Å². The lowest BCUT2D eigenvalue weighted by Gasteiger charge is -2.29. The lowest BCUT2D eigenvalue weighted by Crippen LogP contribution is -2.39. The monoisotopic (exact) mass is 306 g/mol. The molecule has 0 spiro atoms. The Kier molecular flexibility index (Phi) is 6.88. The molecule has 1 amide bonds. The Hall–Kier alpha value is -1.55. The van der Waals surface area contributed by atoms with E-state index in [1.807, 2.05) is 31.3 Å². The molecule has 1 aromatic carbocycles. The quantitative estimate of drug-likeness (QED) is 0.802. The molecule has 22 heavy (non-hydrogen) atoms. The third kappa shape index (κ3) is 6.06. The van der Waals surface area contributed by atoms with Crippen LogP contribution in [0.25, 0.3) is 0 Å². The zero-order valence-corrected chi connectivity index (χ0v) is 14.6. The third-order valence-corrected chi connectivity index (χ3v) is 3.63. The molecule has 4 heteroatoms. The normalized spacial score (nSPS) is 11.6. The van der Waals surface area contributed by atoms with Crippen LogP contribution < -0.4 is 10.5 Å². The Balaban J connectivity index is 2.60. The van der Waals surface area contributed by atoms with Gasteiger partial charge in [0.05, 0.1) is 6.61 Å². The number of benzene rings is 1. The highest BCUT2D eigenvalue weighted by atomic mass is 16.5. The average Bonchev–Trinajstić information content (AvgIpc) is 2.46. The predicted molar refractivity (Wildman–Crippen MR) is 91.2 cm³/mol. The van der Waals surface area contributed by atoms with Crippen LogP contribution in [0, 0.1) is 11.3 Å². The van der Waals surface area contributed by atoms with Gasteiger partial charge >= 0.3 is 0 Å². The second-order valence-corrected chi connectivity index (χ2v) is 7.08. The number of nitrogens with zero attached hydrogens (tertiary/aromatic N) is 1. The van der Waals surface area contributed by atoms with E-state index in [4.69, 9.17) is 10.5 Å². The fraction of sp³-hybridized carbons (Fsp3) is 0.611. The largest absolute Gasteiger partial charge is 0.494 e. The number of carbonyl (C=O) groups excluding carboxylic acids is 1. The highest BCUT2D eigenvalue weighted by Gasteiger charge is 2.21. The van der Waals surface area contributed by atoms with Gasteiger partial charge in [0, 0.05) is 19.2 Å². The predicted octanol–water partition coefficient (Wildman–Crippen LogP) is 3.17. The van der Waals surface area contributed by atoms with E-state index < -0.39 is 0 Å². The maximum atomic E-state index is 12.4. The van der Waals surface area contributed by atoms with E-state index in [2.05, 4.69) is 27.7 Å². The number of hydrogen-bond donors (Lipinski definition) is 1. The highest BCUT2D eigenvalue weighted by molar-refractivity contribution is 5.94. The number of amides is 1. The van der Waals surface area contributed by atoms with Crippen molar-refractivity contribution in [1.29, 1.82) is 0 Å². The van der Waals surface area contributed by atoms with Gasteiger partial charge in [0.15, 0.2) is 0 Å². The first kappa shape index (κ1) is 18.5. The molecule has 0 fully saturated rings. The van der Waals surface area contributed by atoms with E-state index >= 15 is 0 Å². The van der Waals surface area contributed by atoms with Gasteiger partial charge in [-0.15, -0.1) is 0 Å². The van der Waals surface area contributed by atoms with Crippen molar-refractivity contribution < 1.29 is 9.53 Å². The summed E-state index contributed by atoms with van der Waals surface area (Å²) in [6, 6.07) is 7.35. The summed E-state index contributed by atoms with van der Waals surface area (Å²) < 4.78 is 5.67. The van der Waals surface area contributed by atoms with Gasteiger partial charge in [-0.2, -0.15) is 0 Å². The molecule has 0 bridgehead atoms. The smallest absolute Gasteiger partial charge is 0.253 e. The number of nitrogens with two attached hydrogens (primary N) is 1. The Bertz CT molecular complexity index is 466. The lowest BCUT2D eigenvalue weighted by molar-refractivity contribution is 0.0740. The van der Waals surface area contributed by atoms with Gasteiger partial charge in [0.2, 0.25) is 0 Å². The van der Waals surface area contributed by atoms with Crippen LogP contribution in [-0.4, -0.2) is 37.6 Å². The van der Waals surface area contributed by atoms with Crippen LogP contribution in [0.4, 0.5) is 0 Å². The van der Waals surface area contributed by atoms with Gasteiger partial charge in [-0.1, -0.05) is 27.7 Å². The summed E-state index contributed by atoms with van der Waals surface area (Å²) in [5.41, 5.74) is 6.32. The van der Waals surface area contributed by atoms with Crippen LogP contribution in [0.2, 0.25) is 0 Å². The molecular weight excluding hydrogens is 276 g/mol. The molecule has 0 aliphatic heterocycles. The van der Waals surface area contributed by atoms with Crippen molar-refractivity contribution in [3.63, 3.8) is 0 Å². The maximum Gasteiger partial charge on any atom is 0.253 e. The Morgan fingerprint density at radius 1 is 1.27 bits per heavy atom. The summed E-state index contributed by atoms with van der Waals surface area (Å²) in [5, 5.41) is 0. The van der Waals surface area contributed by atoms with Crippen LogP contribution >= 0.6 is 0 Å². The third-order valence-electron chi connectivity index (χ3n) is 3.63. The van der Waals surface area contributed by atoms with Crippen LogP contribution in [-0.2, 0) is 0 Å². The molecule has 0 radical (unpaired) electrons. The van der Waals surface area contributed by atoms with Crippen molar-refractivity contribution in [3.8, 4) is 5.75 Å². The summed E-state index contributed by atoms with van der Waals surface area (Å²) in [4.78, 5) is 14.1. The van der Waals surface area contributed by atoms with Crippen LogP contribution in [0.3, 0.4) is 0 Å². The minimum absolute atomic E-state index is 0.00950. The molecule has 0 aromatic heterocycles. The van der Waals surface area contributed by atoms with E-state index in [1.165, 1.54) is 0 Å². The summed E-state index contributed by atoms with van der Waals surface area (Å²) in [5.74, 6) is 1.44. The molecule has 0 atom stereocenters. The maximum absolute atomic E-state index is 12.4. The molecule has 0 aliphatic rings. The Labute approximate surface area is 134 Å². The fourth-order valence-corrected chi connectivity index (χ4v) is 2.11. The number of ether oxygens (including phenoxy) is 1. The number of rotatable bonds is 8. The van der Waals surface area contributed by atoms with Gasteiger partial charge in [-0.3, -0.25) is 4.79 Å². The molecule has 2 N–H and O–H groups in total. The Morgan fingerprint density at radius 3 is 2.36 bits per heavy atom. The molecule has 124 valence electrons. The molecule has 4 nitrogen and oxygen atoms in total. The van der Waals surface area contributed by atoms with E-state index in [-0.39, 0.29) is 11.3 Å². The van der Waals surface area contributed by atoms with E-state index in [9.17, 15) is 4.79 Å². The van der Waals surface area contributed by atoms with Crippen molar-refractivity contribution in [2.45, 2.75) is 34.1 Å². The van der Waals surface area contributed by atoms with Crippen LogP contribution in [0.15, 0.2) is 24.3 Å². The van der Waals surface area contributed by atoms with Crippen molar-refractivity contribution in [3.05, 3.63) is 29.8 Å². The van der Waals surface area contributed by atoms with Gasteiger partial charge in [0.1, 0.15) is 5.75 Å².